The van der Waals surface area contributed by atoms with E-state index in [1.54, 1.807) is 23.5 Å². The van der Waals surface area contributed by atoms with Crippen LogP contribution in [0.5, 0.6) is 5.75 Å². The van der Waals surface area contributed by atoms with E-state index < -0.39 is 10.0 Å². The van der Waals surface area contributed by atoms with Crippen LogP contribution in [-0.4, -0.2) is 26.4 Å². The molecule has 1 aliphatic heterocycles. The quantitative estimate of drug-likeness (QED) is 0.870. The monoisotopic (exact) mass is 317 g/mol. The summed E-state index contributed by atoms with van der Waals surface area (Å²) in [7, 11) is -1.81. The van der Waals surface area contributed by atoms with E-state index in [0.717, 1.165) is 23.3 Å². The lowest BCUT2D eigenvalue weighted by Crippen LogP contribution is -2.44. The normalized spacial score (nSPS) is 18.7. The fraction of sp³-hybridized carbons (Fsp3) is 0.294. The zero-order valence-electron chi connectivity index (χ0n) is 12.7. The second-order valence-corrected chi connectivity index (χ2v) is 7.40. The van der Waals surface area contributed by atoms with Crippen molar-refractivity contribution >= 4 is 10.0 Å². The minimum Gasteiger partial charge on any atom is -0.497 e. The molecule has 0 aromatic heterocycles. The summed E-state index contributed by atoms with van der Waals surface area (Å²) in [5.74, 6) is 0.774. The average molecular weight is 317 g/mol. The molecule has 0 radical (unpaired) electrons. The Bertz CT molecular complexity index is 751. The van der Waals surface area contributed by atoms with Crippen molar-refractivity contribution in [3.05, 3.63) is 59.7 Å². The zero-order chi connectivity index (χ0) is 15.7. The number of aryl methyl sites for hydroxylation is 1. The van der Waals surface area contributed by atoms with Gasteiger partial charge in [-0.1, -0.05) is 29.8 Å². The van der Waals surface area contributed by atoms with Crippen LogP contribution >= 0.6 is 0 Å². The second kappa shape index (κ2) is 5.74. The first-order valence-corrected chi connectivity index (χ1v) is 8.69. The van der Waals surface area contributed by atoms with Gasteiger partial charge in [-0.2, -0.15) is 4.31 Å². The minimum atomic E-state index is -3.43. The molecule has 1 heterocycles. The maximum absolute atomic E-state index is 12.7. The predicted molar refractivity (Wildman–Crippen MR) is 85.4 cm³/mol. The van der Waals surface area contributed by atoms with Crippen LogP contribution in [0.2, 0.25) is 0 Å². The summed E-state index contributed by atoms with van der Waals surface area (Å²) in [6.07, 6.45) is 0.845. The maximum Gasteiger partial charge on any atom is 0.243 e. The lowest BCUT2D eigenvalue weighted by molar-refractivity contribution is 0.202. The first-order chi connectivity index (χ1) is 10.5. The van der Waals surface area contributed by atoms with Crippen LogP contribution in [0.25, 0.3) is 0 Å². The van der Waals surface area contributed by atoms with Crippen molar-refractivity contribution in [3.63, 3.8) is 0 Å². The summed E-state index contributed by atoms with van der Waals surface area (Å²) in [6.45, 7) is 2.51. The highest BCUT2D eigenvalue weighted by atomic mass is 32.2. The van der Waals surface area contributed by atoms with Gasteiger partial charge >= 0.3 is 0 Å². The largest absolute Gasteiger partial charge is 0.497 e. The highest BCUT2D eigenvalue weighted by Gasteiger charge is 2.39. The van der Waals surface area contributed by atoms with Gasteiger partial charge in [-0.05, 0) is 43.2 Å². The van der Waals surface area contributed by atoms with Crippen molar-refractivity contribution in [3.8, 4) is 5.75 Å². The Balaban J connectivity index is 1.86. The van der Waals surface area contributed by atoms with Gasteiger partial charge in [0.05, 0.1) is 18.0 Å². The number of nitrogens with zero attached hydrogens (tertiary/aromatic N) is 1. The molecular formula is C17H19NO3S. The molecule has 3 rings (SSSR count). The SMILES string of the molecule is COc1ccc([C@H]2CCN2S(=O)(=O)c2ccc(C)cc2)cc1. The molecule has 0 bridgehead atoms. The molecule has 2 aromatic rings. The van der Waals surface area contributed by atoms with Crippen molar-refractivity contribution in [1.82, 2.24) is 4.31 Å². The number of hydrogen-bond acceptors (Lipinski definition) is 3. The molecule has 4 nitrogen and oxygen atoms in total. The summed E-state index contributed by atoms with van der Waals surface area (Å²) in [5.41, 5.74) is 2.05. The molecule has 5 heteroatoms. The Morgan fingerprint density at radius 2 is 1.68 bits per heavy atom. The Morgan fingerprint density at radius 1 is 1.05 bits per heavy atom. The number of sulfonamides is 1. The van der Waals surface area contributed by atoms with Crippen LogP contribution < -0.4 is 4.74 Å². The smallest absolute Gasteiger partial charge is 0.243 e. The van der Waals surface area contributed by atoms with Gasteiger partial charge in [-0.15, -0.1) is 0 Å². The maximum atomic E-state index is 12.7. The van der Waals surface area contributed by atoms with Crippen LogP contribution in [0.3, 0.4) is 0 Å². The highest BCUT2D eigenvalue weighted by Crippen LogP contribution is 2.38. The number of methoxy groups -OCH3 is 1. The molecule has 0 N–H and O–H groups in total. The van der Waals surface area contributed by atoms with Gasteiger partial charge in [0.2, 0.25) is 10.0 Å². The summed E-state index contributed by atoms with van der Waals surface area (Å²) < 4.78 is 32.2. The molecule has 0 amide bonds. The fourth-order valence-electron chi connectivity index (χ4n) is 2.66. The molecule has 0 aliphatic carbocycles. The molecule has 0 spiro atoms. The Kier molecular flexibility index (Phi) is 3.93. The van der Waals surface area contributed by atoms with Crippen molar-refractivity contribution in [2.24, 2.45) is 0 Å². The lowest BCUT2D eigenvalue weighted by atomic mass is 9.98. The van der Waals surface area contributed by atoms with Crippen LogP contribution in [0.1, 0.15) is 23.6 Å². The fourth-order valence-corrected chi connectivity index (χ4v) is 4.31. The van der Waals surface area contributed by atoms with Gasteiger partial charge in [0, 0.05) is 6.54 Å². The van der Waals surface area contributed by atoms with E-state index in [0.29, 0.717) is 11.4 Å². The number of hydrogen-bond donors (Lipinski definition) is 0. The standard InChI is InChI=1S/C17H19NO3S/c1-13-3-9-16(10-4-13)22(19,20)18-12-11-17(18)14-5-7-15(21-2)8-6-14/h3-10,17H,11-12H2,1-2H3/t17-/m1/s1. The highest BCUT2D eigenvalue weighted by molar-refractivity contribution is 7.89. The number of benzene rings is 2. The first-order valence-electron chi connectivity index (χ1n) is 7.25. The Labute approximate surface area is 131 Å². The van der Waals surface area contributed by atoms with E-state index in [-0.39, 0.29) is 6.04 Å². The summed E-state index contributed by atoms with van der Waals surface area (Å²) in [4.78, 5) is 0.358. The van der Waals surface area contributed by atoms with Crippen LogP contribution in [0.4, 0.5) is 0 Å². The molecule has 0 saturated carbocycles. The van der Waals surface area contributed by atoms with Gasteiger partial charge in [-0.25, -0.2) is 8.42 Å². The molecule has 0 unspecified atom stereocenters. The Hall–Kier alpha value is -1.85. The van der Waals surface area contributed by atoms with Gasteiger partial charge in [0.25, 0.3) is 0 Å². The predicted octanol–water partition coefficient (Wildman–Crippen LogP) is 3.14. The van der Waals surface area contributed by atoms with E-state index in [4.69, 9.17) is 4.74 Å². The van der Waals surface area contributed by atoms with Crippen molar-refractivity contribution in [1.29, 1.82) is 0 Å². The zero-order valence-corrected chi connectivity index (χ0v) is 13.5. The summed E-state index contributed by atoms with van der Waals surface area (Å²) >= 11 is 0. The third-order valence-electron chi connectivity index (χ3n) is 4.10. The third-order valence-corrected chi connectivity index (χ3v) is 6.02. The van der Waals surface area contributed by atoms with Gasteiger partial charge < -0.3 is 4.74 Å². The minimum absolute atomic E-state index is 0.0859. The van der Waals surface area contributed by atoms with Crippen LogP contribution in [0, 0.1) is 6.92 Å². The van der Waals surface area contributed by atoms with E-state index >= 15 is 0 Å². The molecule has 1 atom stereocenters. The van der Waals surface area contributed by atoms with Crippen molar-refractivity contribution in [2.45, 2.75) is 24.3 Å². The molecule has 1 saturated heterocycles. The lowest BCUT2D eigenvalue weighted by Gasteiger charge is -2.40. The third kappa shape index (κ3) is 2.62. The summed E-state index contributed by atoms with van der Waals surface area (Å²) in [6, 6.07) is 14.5. The topological polar surface area (TPSA) is 46.6 Å². The van der Waals surface area contributed by atoms with Crippen LogP contribution in [0.15, 0.2) is 53.4 Å². The molecule has 22 heavy (non-hydrogen) atoms. The van der Waals surface area contributed by atoms with E-state index in [1.807, 2.05) is 43.3 Å². The molecule has 1 fully saturated rings. The van der Waals surface area contributed by atoms with E-state index in [9.17, 15) is 8.42 Å². The second-order valence-electron chi connectivity index (χ2n) is 5.51. The van der Waals surface area contributed by atoms with Crippen molar-refractivity contribution in [2.75, 3.05) is 13.7 Å². The first kappa shape index (κ1) is 15.1. The molecule has 116 valence electrons. The number of ether oxygens (including phenoxy) is 1. The Morgan fingerprint density at radius 3 is 2.18 bits per heavy atom. The van der Waals surface area contributed by atoms with Gasteiger partial charge in [0.1, 0.15) is 5.75 Å². The van der Waals surface area contributed by atoms with Gasteiger partial charge in [0.15, 0.2) is 0 Å². The van der Waals surface area contributed by atoms with Crippen LogP contribution in [-0.2, 0) is 10.0 Å². The van der Waals surface area contributed by atoms with Gasteiger partial charge in [-0.3, -0.25) is 0 Å². The average Bonchev–Trinajstić information content (AvgIpc) is 2.47. The summed E-state index contributed by atoms with van der Waals surface area (Å²) in [5, 5.41) is 0. The molecular weight excluding hydrogens is 298 g/mol. The molecule has 2 aromatic carbocycles. The number of rotatable bonds is 4. The molecule has 1 aliphatic rings. The van der Waals surface area contributed by atoms with E-state index in [1.165, 1.54) is 0 Å². The van der Waals surface area contributed by atoms with Crippen molar-refractivity contribution < 1.29 is 13.2 Å². The van der Waals surface area contributed by atoms with E-state index in [2.05, 4.69) is 0 Å².